The molecule has 0 bridgehead atoms. The van der Waals surface area contributed by atoms with Crippen molar-refractivity contribution in [1.29, 1.82) is 5.26 Å². The van der Waals surface area contributed by atoms with Crippen LogP contribution < -0.4 is 4.74 Å². The first-order valence-corrected chi connectivity index (χ1v) is 5.01. The van der Waals surface area contributed by atoms with E-state index in [4.69, 9.17) is 15.1 Å². The van der Waals surface area contributed by atoms with Gasteiger partial charge >= 0.3 is 5.97 Å². The second-order valence-corrected chi connectivity index (χ2v) is 3.47. The molecule has 0 aliphatic rings. The number of carboxylic acids is 1. The third kappa shape index (κ3) is 3.62. The number of carboxylic acid groups (broad SMARTS) is 1. The fourth-order valence-electron chi connectivity index (χ4n) is 1.26. The summed E-state index contributed by atoms with van der Waals surface area (Å²) in [7, 11) is 0. The highest BCUT2D eigenvalue weighted by molar-refractivity contribution is 5.66. The SMILES string of the molecule is CC(CCC(=O)O)Oc1ccccc1C#N. The largest absolute Gasteiger partial charge is 0.489 e. The Balaban J connectivity index is 2.59. The minimum absolute atomic E-state index is 0.0654. The summed E-state index contributed by atoms with van der Waals surface area (Å²) in [6.07, 6.45) is 0.274. The molecule has 4 nitrogen and oxygen atoms in total. The molecule has 0 saturated heterocycles. The van der Waals surface area contributed by atoms with Gasteiger partial charge in [-0.05, 0) is 25.5 Å². The lowest BCUT2D eigenvalue weighted by atomic mass is 10.2. The molecule has 1 atom stereocenters. The molecule has 0 spiro atoms. The van der Waals surface area contributed by atoms with E-state index in [2.05, 4.69) is 0 Å². The molecule has 1 unspecified atom stereocenters. The minimum Gasteiger partial charge on any atom is -0.489 e. The number of carbonyl (C=O) groups is 1. The summed E-state index contributed by atoms with van der Waals surface area (Å²) in [5.41, 5.74) is 0.463. The van der Waals surface area contributed by atoms with E-state index >= 15 is 0 Å². The molecule has 1 rings (SSSR count). The van der Waals surface area contributed by atoms with Crippen molar-refractivity contribution >= 4 is 5.97 Å². The monoisotopic (exact) mass is 219 g/mol. The van der Waals surface area contributed by atoms with Crippen LogP contribution in [-0.4, -0.2) is 17.2 Å². The Morgan fingerprint density at radius 1 is 1.56 bits per heavy atom. The number of para-hydroxylation sites is 1. The number of hydrogen-bond acceptors (Lipinski definition) is 3. The van der Waals surface area contributed by atoms with Crippen LogP contribution in [0.2, 0.25) is 0 Å². The lowest BCUT2D eigenvalue weighted by Gasteiger charge is -2.14. The maximum atomic E-state index is 10.4. The van der Waals surface area contributed by atoms with Crippen molar-refractivity contribution in [3.63, 3.8) is 0 Å². The molecule has 0 radical (unpaired) electrons. The molecular weight excluding hydrogens is 206 g/mol. The van der Waals surface area contributed by atoms with E-state index < -0.39 is 5.97 Å². The standard InChI is InChI=1S/C12H13NO3/c1-9(6-7-12(14)15)16-11-5-3-2-4-10(11)8-13/h2-5,9H,6-7H2,1H3,(H,14,15). The molecule has 1 N–H and O–H groups in total. The van der Waals surface area contributed by atoms with Gasteiger partial charge in [-0.3, -0.25) is 4.79 Å². The summed E-state index contributed by atoms with van der Waals surface area (Å²) >= 11 is 0. The molecule has 0 amide bonds. The molecule has 84 valence electrons. The third-order valence-corrected chi connectivity index (χ3v) is 2.10. The molecule has 0 aliphatic carbocycles. The first kappa shape index (κ1) is 12.1. The van der Waals surface area contributed by atoms with Crippen molar-refractivity contribution in [2.75, 3.05) is 0 Å². The Hall–Kier alpha value is -2.02. The maximum Gasteiger partial charge on any atom is 0.303 e. The zero-order valence-electron chi connectivity index (χ0n) is 9.01. The van der Waals surface area contributed by atoms with Crippen LogP contribution in [0.4, 0.5) is 0 Å². The highest BCUT2D eigenvalue weighted by Crippen LogP contribution is 2.19. The Kier molecular flexibility index (Phi) is 4.34. The number of nitriles is 1. The second-order valence-electron chi connectivity index (χ2n) is 3.47. The van der Waals surface area contributed by atoms with Gasteiger partial charge in [0.25, 0.3) is 0 Å². The van der Waals surface area contributed by atoms with E-state index in [0.717, 1.165) is 0 Å². The van der Waals surface area contributed by atoms with E-state index in [1.165, 1.54) is 0 Å². The molecule has 0 heterocycles. The quantitative estimate of drug-likeness (QED) is 0.824. The fourth-order valence-corrected chi connectivity index (χ4v) is 1.26. The predicted molar refractivity (Wildman–Crippen MR) is 58.1 cm³/mol. The first-order chi connectivity index (χ1) is 7.63. The number of benzene rings is 1. The Morgan fingerprint density at radius 3 is 2.88 bits per heavy atom. The summed E-state index contributed by atoms with van der Waals surface area (Å²) in [5.74, 6) is -0.341. The smallest absolute Gasteiger partial charge is 0.303 e. The van der Waals surface area contributed by atoms with E-state index in [0.29, 0.717) is 17.7 Å². The summed E-state index contributed by atoms with van der Waals surface area (Å²) in [6, 6.07) is 8.93. The maximum absolute atomic E-state index is 10.4. The molecule has 0 aromatic heterocycles. The van der Waals surface area contributed by atoms with Crippen molar-refractivity contribution in [3.05, 3.63) is 29.8 Å². The zero-order valence-corrected chi connectivity index (χ0v) is 9.01. The van der Waals surface area contributed by atoms with Crippen molar-refractivity contribution in [2.24, 2.45) is 0 Å². The van der Waals surface area contributed by atoms with E-state index in [-0.39, 0.29) is 12.5 Å². The zero-order chi connectivity index (χ0) is 12.0. The summed E-state index contributed by atoms with van der Waals surface area (Å²) in [6.45, 7) is 1.79. The Morgan fingerprint density at radius 2 is 2.25 bits per heavy atom. The molecular formula is C12H13NO3. The molecule has 0 fully saturated rings. The highest BCUT2D eigenvalue weighted by atomic mass is 16.5. The van der Waals surface area contributed by atoms with Crippen molar-refractivity contribution in [2.45, 2.75) is 25.9 Å². The predicted octanol–water partition coefficient (Wildman–Crippen LogP) is 2.19. The molecule has 4 heteroatoms. The van der Waals surface area contributed by atoms with Gasteiger partial charge in [-0.2, -0.15) is 5.26 Å². The molecule has 1 aromatic carbocycles. The van der Waals surface area contributed by atoms with Crippen LogP contribution in [0.15, 0.2) is 24.3 Å². The highest BCUT2D eigenvalue weighted by Gasteiger charge is 2.09. The van der Waals surface area contributed by atoms with Gasteiger partial charge in [0.05, 0.1) is 11.7 Å². The topological polar surface area (TPSA) is 70.3 Å². The van der Waals surface area contributed by atoms with E-state index in [1.807, 2.05) is 6.07 Å². The van der Waals surface area contributed by atoms with Gasteiger partial charge in [0.2, 0.25) is 0 Å². The van der Waals surface area contributed by atoms with Crippen LogP contribution in [0.25, 0.3) is 0 Å². The van der Waals surface area contributed by atoms with Gasteiger partial charge in [0.15, 0.2) is 0 Å². The van der Waals surface area contributed by atoms with Gasteiger partial charge in [-0.25, -0.2) is 0 Å². The summed E-state index contributed by atoms with van der Waals surface area (Å²) in [5, 5.41) is 17.3. The van der Waals surface area contributed by atoms with Gasteiger partial charge in [-0.1, -0.05) is 12.1 Å². The number of rotatable bonds is 5. The van der Waals surface area contributed by atoms with E-state index in [9.17, 15) is 4.79 Å². The van der Waals surface area contributed by atoms with Gasteiger partial charge in [0.1, 0.15) is 11.8 Å². The van der Waals surface area contributed by atoms with Crippen LogP contribution in [0.5, 0.6) is 5.75 Å². The van der Waals surface area contributed by atoms with Crippen LogP contribution in [0.3, 0.4) is 0 Å². The summed E-state index contributed by atoms with van der Waals surface area (Å²) in [4.78, 5) is 10.4. The molecule has 0 aliphatic heterocycles. The number of ether oxygens (including phenoxy) is 1. The number of hydrogen-bond donors (Lipinski definition) is 1. The summed E-state index contributed by atoms with van der Waals surface area (Å²) < 4.78 is 5.50. The van der Waals surface area contributed by atoms with Crippen LogP contribution in [-0.2, 0) is 4.79 Å². The molecule has 0 saturated carbocycles. The average molecular weight is 219 g/mol. The van der Waals surface area contributed by atoms with Crippen molar-refractivity contribution in [3.8, 4) is 11.8 Å². The lowest BCUT2D eigenvalue weighted by Crippen LogP contribution is -2.14. The van der Waals surface area contributed by atoms with Crippen molar-refractivity contribution in [1.82, 2.24) is 0 Å². The van der Waals surface area contributed by atoms with E-state index in [1.54, 1.807) is 31.2 Å². The Labute approximate surface area is 94.1 Å². The lowest BCUT2D eigenvalue weighted by molar-refractivity contribution is -0.137. The number of nitrogens with zero attached hydrogens (tertiary/aromatic N) is 1. The Bertz CT molecular complexity index is 409. The fraction of sp³-hybridized carbons (Fsp3) is 0.333. The molecule has 1 aromatic rings. The van der Waals surface area contributed by atoms with Crippen molar-refractivity contribution < 1.29 is 14.6 Å². The third-order valence-electron chi connectivity index (χ3n) is 2.10. The molecule has 16 heavy (non-hydrogen) atoms. The second kappa shape index (κ2) is 5.76. The van der Waals surface area contributed by atoms with Gasteiger partial charge in [0, 0.05) is 6.42 Å². The number of aliphatic carboxylic acids is 1. The van der Waals surface area contributed by atoms with Crippen LogP contribution in [0, 0.1) is 11.3 Å². The van der Waals surface area contributed by atoms with Crippen LogP contribution in [0.1, 0.15) is 25.3 Å². The van der Waals surface area contributed by atoms with Crippen LogP contribution >= 0.6 is 0 Å². The first-order valence-electron chi connectivity index (χ1n) is 5.01. The van der Waals surface area contributed by atoms with Gasteiger partial charge < -0.3 is 9.84 Å². The minimum atomic E-state index is -0.844. The average Bonchev–Trinajstić information content (AvgIpc) is 2.27. The normalized spacial score (nSPS) is 11.5. The van der Waals surface area contributed by atoms with Gasteiger partial charge in [-0.15, -0.1) is 0 Å².